The van der Waals surface area contributed by atoms with Gasteiger partial charge in [0, 0.05) is 23.8 Å². The van der Waals surface area contributed by atoms with Crippen LogP contribution in [0.1, 0.15) is 38.6 Å². The lowest BCUT2D eigenvalue weighted by Gasteiger charge is -2.20. The van der Waals surface area contributed by atoms with Crippen LogP contribution >= 0.6 is 11.8 Å². The van der Waals surface area contributed by atoms with Crippen LogP contribution in [0.2, 0.25) is 0 Å². The molecule has 0 aliphatic heterocycles. The second-order valence-corrected chi connectivity index (χ2v) is 6.58. The fourth-order valence-electron chi connectivity index (χ4n) is 1.55. The van der Waals surface area contributed by atoms with Crippen LogP contribution in [0.3, 0.4) is 0 Å². The second-order valence-electron chi connectivity index (χ2n) is 5.50. The summed E-state index contributed by atoms with van der Waals surface area (Å²) in [5.74, 6) is 2.09. The van der Waals surface area contributed by atoms with Crippen molar-refractivity contribution in [1.82, 2.24) is 9.97 Å². The number of hydrogen-bond donors (Lipinski definition) is 1. The maximum absolute atomic E-state index is 11.2. The third kappa shape index (κ3) is 4.37. The number of anilines is 1. The average Bonchev–Trinajstić information content (AvgIpc) is 2.39. The van der Waals surface area contributed by atoms with E-state index in [0.29, 0.717) is 12.2 Å². The molecule has 20 heavy (non-hydrogen) atoms. The van der Waals surface area contributed by atoms with Gasteiger partial charge in [-0.15, -0.1) is 11.8 Å². The first kappa shape index (κ1) is 16.8. The molecule has 1 rings (SSSR count). The minimum atomic E-state index is -0.200. The molecular formula is C14H23N3O2S. The van der Waals surface area contributed by atoms with Crippen molar-refractivity contribution in [3.8, 4) is 0 Å². The number of rotatable bonds is 5. The Labute approximate surface area is 124 Å². The Kier molecular flexibility index (Phi) is 5.80. The number of hydrogen-bond acceptors (Lipinski definition) is 6. The highest BCUT2D eigenvalue weighted by atomic mass is 32.2. The molecule has 0 saturated carbocycles. The topological polar surface area (TPSA) is 64.1 Å². The van der Waals surface area contributed by atoms with Crippen molar-refractivity contribution in [2.75, 3.05) is 25.2 Å². The molecule has 0 aromatic carbocycles. The fourth-order valence-corrected chi connectivity index (χ4v) is 2.47. The number of carbonyl (C=O) groups is 1. The van der Waals surface area contributed by atoms with Crippen LogP contribution in [0.5, 0.6) is 0 Å². The van der Waals surface area contributed by atoms with Crippen molar-refractivity contribution in [2.24, 2.45) is 0 Å². The third-order valence-electron chi connectivity index (χ3n) is 2.78. The summed E-state index contributed by atoms with van der Waals surface area (Å²) >= 11 is 1.56. The first-order valence-corrected chi connectivity index (χ1v) is 7.54. The first-order chi connectivity index (χ1) is 9.29. The van der Waals surface area contributed by atoms with Gasteiger partial charge in [-0.25, -0.2) is 9.97 Å². The van der Waals surface area contributed by atoms with Crippen molar-refractivity contribution in [2.45, 2.75) is 44.6 Å². The quantitative estimate of drug-likeness (QED) is 0.512. The minimum Gasteiger partial charge on any atom is -0.469 e. The number of methoxy groups -OCH3 is 1. The number of nitrogens with zero attached hydrogens (tertiary/aromatic N) is 2. The molecule has 0 aliphatic rings. The van der Waals surface area contributed by atoms with Crippen molar-refractivity contribution < 1.29 is 9.53 Å². The van der Waals surface area contributed by atoms with E-state index in [2.05, 4.69) is 40.8 Å². The van der Waals surface area contributed by atoms with Gasteiger partial charge in [0.05, 0.1) is 13.5 Å². The zero-order valence-corrected chi connectivity index (χ0v) is 13.8. The van der Waals surface area contributed by atoms with Gasteiger partial charge >= 0.3 is 5.97 Å². The van der Waals surface area contributed by atoms with Crippen molar-refractivity contribution in [3.05, 3.63) is 11.4 Å². The molecule has 0 fully saturated rings. The van der Waals surface area contributed by atoms with E-state index in [1.54, 1.807) is 11.8 Å². The van der Waals surface area contributed by atoms with Gasteiger partial charge in [-0.05, 0) is 6.92 Å². The Bertz CT molecular complexity index is 484. The van der Waals surface area contributed by atoms with E-state index < -0.39 is 0 Å². The lowest BCUT2D eigenvalue weighted by atomic mass is 9.95. The summed E-state index contributed by atoms with van der Waals surface area (Å²) in [6, 6.07) is 0. The van der Waals surface area contributed by atoms with E-state index in [1.807, 2.05) is 14.0 Å². The summed E-state index contributed by atoms with van der Waals surface area (Å²) in [7, 11) is 3.25. The van der Waals surface area contributed by atoms with Gasteiger partial charge in [0.25, 0.3) is 0 Å². The second kappa shape index (κ2) is 6.92. The molecule has 0 radical (unpaired) electrons. The standard InChI is InChI=1S/C14H23N3O2S/c1-9-11(15-5)16-13(14(2,3)4)17-12(9)20-8-7-10(18)19-6/h7-8H2,1-6H3,(H,15,16,17). The van der Waals surface area contributed by atoms with Crippen LogP contribution in [0.15, 0.2) is 5.03 Å². The zero-order valence-electron chi connectivity index (χ0n) is 13.0. The largest absolute Gasteiger partial charge is 0.469 e. The molecule has 5 nitrogen and oxygen atoms in total. The number of thioether (sulfide) groups is 1. The molecule has 112 valence electrons. The molecule has 0 bridgehead atoms. The molecule has 1 N–H and O–H groups in total. The molecule has 1 aromatic heterocycles. The molecule has 1 aromatic rings. The molecule has 0 amide bonds. The summed E-state index contributed by atoms with van der Waals surface area (Å²) in [6.45, 7) is 8.23. The Balaban J connectivity index is 2.96. The van der Waals surface area contributed by atoms with E-state index in [-0.39, 0.29) is 11.4 Å². The Morgan fingerprint density at radius 3 is 2.50 bits per heavy atom. The number of aromatic nitrogens is 2. The molecule has 0 unspecified atom stereocenters. The molecular weight excluding hydrogens is 274 g/mol. The predicted molar refractivity (Wildman–Crippen MR) is 82.4 cm³/mol. The van der Waals surface area contributed by atoms with Gasteiger partial charge in [-0.2, -0.15) is 0 Å². The summed E-state index contributed by atoms with van der Waals surface area (Å²) in [4.78, 5) is 20.3. The maximum atomic E-state index is 11.2. The highest BCUT2D eigenvalue weighted by Gasteiger charge is 2.21. The van der Waals surface area contributed by atoms with E-state index in [9.17, 15) is 4.79 Å². The van der Waals surface area contributed by atoms with Gasteiger partial charge < -0.3 is 10.1 Å². The zero-order chi connectivity index (χ0) is 15.3. The van der Waals surface area contributed by atoms with Gasteiger partial charge in [-0.1, -0.05) is 20.8 Å². The molecule has 0 spiro atoms. The number of esters is 1. The molecule has 6 heteroatoms. The van der Waals surface area contributed by atoms with Gasteiger partial charge in [0.15, 0.2) is 0 Å². The molecule has 0 aliphatic carbocycles. The number of ether oxygens (including phenoxy) is 1. The van der Waals surface area contributed by atoms with E-state index in [0.717, 1.165) is 22.2 Å². The molecule has 1 heterocycles. The average molecular weight is 297 g/mol. The van der Waals surface area contributed by atoms with Crippen LogP contribution in [0, 0.1) is 6.92 Å². The monoisotopic (exact) mass is 297 g/mol. The van der Waals surface area contributed by atoms with Crippen molar-refractivity contribution >= 4 is 23.5 Å². The summed E-state index contributed by atoms with van der Waals surface area (Å²) < 4.78 is 4.64. The van der Waals surface area contributed by atoms with E-state index >= 15 is 0 Å². The van der Waals surface area contributed by atoms with Gasteiger partial charge in [0.1, 0.15) is 16.7 Å². The smallest absolute Gasteiger partial charge is 0.306 e. The highest BCUT2D eigenvalue weighted by Crippen LogP contribution is 2.29. The molecule has 0 saturated heterocycles. The van der Waals surface area contributed by atoms with Crippen LogP contribution in [0.25, 0.3) is 0 Å². The Morgan fingerprint density at radius 2 is 2.00 bits per heavy atom. The highest BCUT2D eigenvalue weighted by molar-refractivity contribution is 7.99. The maximum Gasteiger partial charge on any atom is 0.306 e. The van der Waals surface area contributed by atoms with Crippen LogP contribution < -0.4 is 5.32 Å². The number of carbonyl (C=O) groups excluding carboxylic acids is 1. The third-order valence-corrected chi connectivity index (χ3v) is 3.86. The lowest BCUT2D eigenvalue weighted by molar-refractivity contribution is -0.140. The summed E-state index contributed by atoms with van der Waals surface area (Å²) in [5.41, 5.74) is 0.895. The normalized spacial score (nSPS) is 11.3. The predicted octanol–water partition coefficient (Wildman–Crippen LogP) is 2.78. The Morgan fingerprint density at radius 1 is 1.35 bits per heavy atom. The SMILES string of the molecule is CNc1nc(C(C)(C)C)nc(SCCC(=O)OC)c1C. The first-order valence-electron chi connectivity index (χ1n) is 6.56. The Hall–Kier alpha value is -1.30. The van der Waals surface area contributed by atoms with E-state index in [1.165, 1.54) is 7.11 Å². The summed E-state index contributed by atoms with van der Waals surface area (Å²) in [6.07, 6.45) is 0.379. The minimum absolute atomic E-state index is 0.114. The number of nitrogens with one attached hydrogen (secondary N) is 1. The lowest BCUT2D eigenvalue weighted by Crippen LogP contribution is -2.18. The van der Waals surface area contributed by atoms with Crippen LogP contribution in [0.4, 0.5) is 5.82 Å². The van der Waals surface area contributed by atoms with Crippen molar-refractivity contribution in [3.63, 3.8) is 0 Å². The van der Waals surface area contributed by atoms with Gasteiger partial charge in [0.2, 0.25) is 0 Å². The fraction of sp³-hybridized carbons (Fsp3) is 0.643. The van der Waals surface area contributed by atoms with Crippen molar-refractivity contribution in [1.29, 1.82) is 0 Å². The van der Waals surface area contributed by atoms with Gasteiger partial charge in [-0.3, -0.25) is 4.79 Å². The molecule has 0 atom stereocenters. The summed E-state index contributed by atoms with van der Waals surface area (Å²) in [5, 5.41) is 4.02. The van der Waals surface area contributed by atoms with E-state index in [4.69, 9.17) is 0 Å². The van der Waals surface area contributed by atoms with Crippen LogP contribution in [-0.2, 0) is 14.9 Å². The van der Waals surface area contributed by atoms with Crippen LogP contribution in [-0.4, -0.2) is 35.8 Å².